The summed E-state index contributed by atoms with van der Waals surface area (Å²) in [5, 5.41) is 0. The number of aldehydes is 1. The van der Waals surface area contributed by atoms with Crippen LogP contribution in [0.2, 0.25) is 19.6 Å². The second kappa shape index (κ2) is 3.96. The van der Waals surface area contributed by atoms with Crippen molar-refractivity contribution < 1.29 is 9.22 Å². The Morgan fingerprint density at radius 3 is 2.36 bits per heavy atom. The maximum Gasteiger partial charge on any atom is 0.242 e. The molecule has 0 saturated heterocycles. The minimum atomic E-state index is -1.55. The summed E-state index contributed by atoms with van der Waals surface area (Å²) in [5.74, 6) is 0.898. The highest BCUT2D eigenvalue weighted by Crippen LogP contribution is 2.21. The molecule has 0 aromatic heterocycles. The van der Waals surface area contributed by atoms with E-state index in [-0.39, 0.29) is 0 Å². The Hall–Kier alpha value is -1.09. The van der Waals surface area contributed by atoms with Crippen molar-refractivity contribution in [3.05, 3.63) is 29.3 Å². The summed E-state index contributed by atoms with van der Waals surface area (Å²) in [6.07, 6.45) is 0.852. The number of carbonyl (C=O) groups excluding carboxylic acids is 1. The van der Waals surface area contributed by atoms with Crippen LogP contribution in [0.1, 0.15) is 15.9 Å². The first-order valence-electron chi connectivity index (χ1n) is 4.67. The molecule has 0 aliphatic carbocycles. The van der Waals surface area contributed by atoms with Gasteiger partial charge in [-0.1, -0.05) is 0 Å². The van der Waals surface area contributed by atoms with Crippen molar-refractivity contribution in [1.82, 2.24) is 0 Å². The number of rotatable bonds is 3. The van der Waals surface area contributed by atoms with E-state index >= 15 is 0 Å². The molecular weight excluding hydrogens is 192 g/mol. The van der Waals surface area contributed by atoms with Crippen molar-refractivity contribution in [2.45, 2.75) is 26.6 Å². The van der Waals surface area contributed by atoms with Gasteiger partial charge in [-0.15, -0.1) is 0 Å². The Balaban J connectivity index is 2.95. The summed E-state index contributed by atoms with van der Waals surface area (Å²) >= 11 is 0. The average Bonchev–Trinajstić information content (AvgIpc) is 2.06. The molecule has 0 radical (unpaired) electrons. The average molecular weight is 208 g/mol. The Bertz CT molecular complexity index is 340. The molecule has 0 aliphatic heterocycles. The fourth-order valence-corrected chi connectivity index (χ4v) is 2.08. The largest absolute Gasteiger partial charge is 0.544 e. The van der Waals surface area contributed by atoms with Crippen LogP contribution >= 0.6 is 0 Å². The van der Waals surface area contributed by atoms with Crippen molar-refractivity contribution in [3.8, 4) is 5.75 Å². The number of aryl methyl sites for hydroxylation is 1. The first-order chi connectivity index (χ1) is 6.42. The summed E-state index contributed by atoms with van der Waals surface area (Å²) in [6.45, 7) is 8.38. The zero-order chi connectivity index (χ0) is 10.8. The predicted octanol–water partition coefficient (Wildman–Crippen LogP) is 3.02. The highest BCUT2D eigenvalue weighted by molar-refractivity contribution is 6.70. The van der Waals surface area contributed by atoms with Gasteiger partial charge in [-0.05, 0) is 50.3 Å². The third-order valence-corrected chi connectivity index (χ3v) is 2.58. The molecule has 2 nitrogen and oxygen atoms in total. The van der Waals surface area contributed by atoms with E-state index in [9.17, 15) is 4.79 Å². The third kappa shape index (κ3) is 2.99. The molecule has 0 atom stereocenters. The van der Waals surface area contributed by atoms with E-state index < -0.39 is 8.32 Å². The summed E-state index contributed by atoms with van der Waals surface area (Å²) in [6, 6.07) is 5.51. The summed E-state index contributed by atoms with van der Waals surface area (Å²) in [7, 11) is -1.55. The Morgan fingerprint density at radius 2 is 1.93 bits per heavy atom. The maximum absolute atomic E-state index is 10.5. The summed E-state index contributed by atoms with van der Waals surface area (Å²) in [5.41, 5.74) is 1.72. The maximum atomic E-state index is 10.5. The van der Waals surface area contributed by atoms with Crippen LogP contribution in [0.3, 0.4) is 0 Å². The lowest BCUT2D eigenvalue weighted by Gasteiger charge is -2.20. The van der Waals surface area contributed by atoms with Crippen molar-refractivity contribution in [1.29, 1.82) is 0 Å². The van der Waals surface area contributed by atoms with E-state index in [0.717, 1.165) is 17.6 Å². The lowest BCUT2D eigenvalue weighted by molar-refractivity contribution is 0.112. The number of hydrogen-bond donors (Lipinski definition) is 0. The van der Waals surface area contributed by atoms with Gasteiger partial charge >= 0.3 is 0 Å². The summed E-state index contributed by atoms with van der Waals surface area (Å²) in [4.78, 5) is 10.5. The molecule has 1 aromatic carbocycles. The Labute approximate surface area is 86.0 Å². The number of hydrogen-bond acceptors (Lipinski definition) is 2. The molecular formula is C11H16O2Si. The molecule has 1 aromatic rings. The van der Waals surface area contributed by atoms with E-state index in [1.54, 1.807) is 6.07 Å². The highest BCUT2D eigenvalue weighted by Gasteiger charge is 2.17. The second-order valence-corrected chi connectivity index (χ2v) is 8.79. The summed E-state index contributed by atoms with van der Waals surface area (Å²) < 4.78 is 5.85. The van der Waals surface area contributed by atoms with Crippen LogP contribution < -0.4 is 4.43 Å². The van der Waals surface area contributed by atoms with Crippen LogP contribution in [0.15, 0.2) is 18.2 Å². The van der Waals surface area contributed by atoms with Gasteiger partial charge in [0.25, 0.3) is 0 Å². The first kappa shape index (κ1) is 11.0. The molecule has 0 spiro atoms. The van der Waals surface area contributed by atoms with Gasteiger partial charge in [-0.25, -0.2) is 0 Å². The van der Waals surface area contributed by atoms with E-state index in [1.807, 2.05) is 19.1 Å². The second-order valence-electron chi connectivity index (χ2n) is 4.36. The van der Waals surface area contributed by atoms with Crippen LogP contribution in [0.5, 0.6) is 5.75 Å². The molecule has 3 heteroatoms. The molecule has 76 valence electrons. The minimum Gasteiger partial charge on any atom is -0.544 e. The van der Waals surface area contributed by atoms with Gasteiger partial charge in [-0.2, -0.15) is 0 Å². The fraction of sp³-hybridized carbons (Fsp3) is 0.364. The van der Waals surface area contributed by atoms with Gasteiger partial charge in [0.05, 0.1) is 0 Å². The third-order valence-electron chi connectivity index (χ3n) is 1.75. The Morgan fingerprint density at radius 1 is 1.29 bits per heavy atom. The van der Waals surface area contributed by atoms with Crippen molar-refractivity contribution in [2.75, 3.05) is 0 Å². The highest BCUT2D eigenvalue weighted by atomic mass is 28.4. The van der Waals surface area contributed by atoms with Gasteiger partial charge in [0.1, 0.15) is 12.0 Å². The fourth-order valence-electron chi connectivity index (χ4n) is 1.19. The van der Waals surface area contributed by atoms with E-state index in [1.165, 1.54) is 0 Å². The van der Waals surface area contributed by atoms with Gasteiger partial charge < -0.3 is 4.43 Å². The first-order valence-corrected chi connectivity index (χ1v) is 8.08. The lowest BCUT2D eigenvalue weighted by Crippen LogP contribution is -2.29. The lowest BCUT2D eigenvalue weighted by atomic mass is 10.1. The predicted molar refractivity (Wildman–Crippen MR) is 60.5 cm³/mol. The van der Waals surface area contributed by atoms with Crippen LogP contribution in [0.25, 0.3) is 0 Å². The Kier molecular flexibility index (Phi) is 3.11. The van der Waals surface area contributed by atoms with Gasteiger partial charge in [0, 0.05) is 5.56 Å². The molecule has 0 fully saturated rings. The van der Waals surface area contributed by atoms with Crippen LogP contribution in [-0.4, -0.2) is 14.6 Å². The van der Waals surface area contributed by atoms with Gasteiger partial charge in [0.15, 0.2) is 0 Å². The van der Waals surface area contributed by atoms with Gasteiger partial charge in [-0.3, -0.25) is 4.79 Å². The van der Waals surface area contributed by atoms with Crippen molar-refractivity contribution in [3.63, 3.8) is 0 Å². The molecule has 1 rings (SSSR count). The SMILES string of the molecule is Cc1cc(C=O)ccc1O[Si](C)(C)C. The zero-order valence-corrected chi connectivity index (χ0v) is 10.1. The molecule has 0 aliphatic rings. The molecule has 0 heterocycles. The van der Waals surface area contributed by atoms with Gasteiger partial charge in [0.2, 0.25) is 8.32 Å². The monoisotopic (exact) mass is 208 g/mol. The molecule has 0 amide bonds. The number of carbonyl (C=O) groups is 1. The van der Waals surface area contributed by atoms with Crippen LogP contribution in [-0.2, 0) is 0 Å². The van der Waals surface area contributed by atoms with Crippen LogP contribution in [0, 0.1) is 6.92 Å². The molecule has 0 bridgehead atoms. The van der Waals surface area contributed by atoms with E-state index in [2.05, 4.69) is 19.6 Å². The van der Waals surface area contributed by atoms with E-state index in [4.69, 9.17) is 4.43 Å². The zero-order valence-electron chi connectivity index (χ0n) is 9.13. The quantitative estimate of drug-likeness (QED) is 0.564. The van der Waals surface area contributed by atoms with Crippen molar-refractivity contribution >= 4 is 14.6 Å². The molecule has 0 unspecified atom stereocenters. The molecule has 0 N–H and O–H groups in total. The van der Waals surface area contributed by atoms with Crippen LogP contribution in [0.4, 0.5) is 0 Å². The van der Waals surface area contributed by atoms with Crippen molar-refractivity contribution in [2.24, 2.45) is 0 Å². The molecule has 0 saturated carbocycles. The minimum absolute atomic E-state index is 0.699. The smallest absolute Gasteiger partial charge is 0.242 e. The van der Waals surface area contributed by atoms with E-state index in [0.29, 0.717) is 5.56 Å². The molecule has 14 heavy (non-hydrogen) atoms. The number of benzene rings is 1. The normalized spacial score (nSPS) is 11.1. The standard InChI is InChI=1S/C11H16O2Si/c1-9-7-10(8-12)5-6-11(9)13-14(2,3)4/h5-8H,1-4H3. The topological polar surface area (TPSA) is 26.3 Å².